The van der Waals surface area contributed by atoms with E-state index in [0.717, 1.165) is 26.2 Å². The second-order valence-corrected chi connectivity index (χ2v) is 5.30. The predicted octanol–water partition coefficient (Wildman–Crippen LogP) is 2.86. The molecule has 3 nitrogen and oxygen atoms in total. The first-order chi connectivity index (χ1) is 10.2. The lowest BCUT2D eigenvalue weighted by molar-refractivity contribution is 0.176. The average Bonchev–Trinajstić information content (AvgIpc) is 3.03. The summed E-state index contributed by atoms with van der Waals surface area (Å²) in [5.74, 6) is -0.923. The summed E-state index contributed by atoms with van der Waals surface area (Å²) in [4.78, 5) is 2.11. The minimum absolute atomic E-state index is 0.315. The molecule has 0 spiro atoms. The van der Waals surface area contributed by atoms with Crippen LogP contribution in [0.1, 0.15) is 22.9 Å². The molecule has 1 aromatic carbocycles. The van der Waals surface area contributed by atoms with E-state index in [9.17, 15) is 8.78 Å². The molecule has 21 heavy (non-hydrogen) atoms. The van der Waals surface area contributed by atoms with Crippen LogP contribution in [0.15, 0.2) is 34.9 Å². The van der Waals surface area contributed by atoms with Crippen LogP contribution in [0.4, 0.5) is 8.78 Å². The van der Waals surface area contributed by atoms with E-state index in [-0.39, 0.29) is 0 Å². The van der Waals surface area contributed by atoms with E-state index in [1.807, 2.05) is 6.07 Å². The number of nitrogens with zero attached hydrogens (tertiary/aromatic N) is 1. The number of hydrogen-bond donors (Lipinski definition) is 1. The molecule has 5 heteroatoms. The van der Waals surface area contributed by atoms with Crippen molar-refractivity contribution in [3.63, 3.8) is 0 Å². The molecule has 1 aliphatic rings. The summed E-state index contributed by atoms with van der Waals surface area (Å²) in [5.41, 5.74) is 0.643. The summed E-state index contributed by atoms with van der Waals surface area (Å²) >= 11 is 0. The fraction of sp³-hybridized carbons (Fsp3) is 0.375. The van der Waals surface area contributed by atoms with Crippen molar-refractivity contribution in [3.05, 3.63) is 59.1 Å². The second-order valence-electron chi connectivity index (χ2n) is 5.30. The van der Waals surface area contributed by atoms with Crippen molar-refractivity contribution in [1.82, 2.24) is 10.2 Å². The van der Waals surface area contributed by atoms with Gasteiger partial charge in [-0.2, -0.15) is 0 Å². The van der Waals surface area contributed by atoms with Crippen molar-refractivity contribution in [2.75, 3.05) is 26.2 Å². The molecule has 1 fully saturated rings. The summed E-state index contributed by atoms with van der Waals surface area (Å²) < 4.78 is 33.8. The van der Waals surface area contributed by atoms with E-state index in [1.54, 1.807) is 31.4 Å². The van der Waals surface area contributed by atoms with Crippen molar-refractivity contribution in [1.29, 1.82) is 0 Å². The van der Waals surface area contributed by atoms with Crippen LogP contribution in [-0.2, 0) is 0 Å². The molecule has 0 amide bonds. The molecule has 0 bridgehead atoms. The number of furan rings is 1. The van der Waals surface area contributed by atoms with Crippen molar-refractivity contribution in [2.24, 2.45) is 0 Å². The Hall–Kier alpha value is -1.72. The fourth-order valence-electron chi connectivity index (χ4n) is 2.79. The van der Waals surface area contributed by atoms with Crippen LogP contribution >= 0.6 is 0 Å². The van der Waals surface area contributed by atoms with Crippen LogP contribution in [0.2, 0.25) is 0 Å². The molecule has 0 unspecified atom stereocenters. The summed E-state index contributed by atoms with van der Waals surface area (Å²) in [5, 5.41) is 3.26. The van der Waals surface area contributed by atoms with Gasteiger partial charge in [-0.1, -0.05) is 12.1 Å². The summed E-state index contributed by atoms with van der Waals surface area (Å²) in [6, 6.07) is 6.46. The first-order valence-electron chi connectivity index (χ1n) is 7.11. The number of rotatable bonds is 3. The molecule has 0 radical (unpaired) electrons. The Morgan fingerprint density at radius 2 is 1.90 bits per heavy atom. The number of halogens is 2. The van der Waals surface area contributed by atoms with Gasteiger partial charge in [0, 0.05) is 31.7 Å². The van der Waals surface area contributed by atoms with Gasteiger partial charge in [-0.3, -0.25) is 4.90 Å². The van der Waals surface area contributed by atoms with E-state index in [2.05, 4.69) is 10.2 Å². The second kappa shape index (κ2) is 5.95. The van der Waals surface area contributed by atoms with Crippen LogP contribution in [0, 0.1) is 18.6 Å². The summed E-state index contributed by atoms with van der Waals surface area (Å²) in [7, 11) is 0. The van der Waals surface area contributed by atoms with Gasteiger partial charge in [-0.15, -0.1) is 0 Å². The van der Waals surface area contributed by atoms with Gasteiger partial charge in [-0.25, -0.2) is 8.78 Å². The number of piperazine rings is 1. The minimum atomic E-state index is -0.782. The highest BCUT2D eigenvalue weighted by molar-refractivity contribution is 5.32. The first kappa shape index (κ1) is 14.2. The lowest BCUT2D eigenvalue weighted by atomic mass is 9.99. The molecule has 0 aliphatic carbocycles. The third-order valence-corrected chi connectivity index (χ3v) is 3.93. The fourth-order valence-corrected chi connectivity index (χ4v) is 2.79. The Morgan fingerprint density at radius 1 is 1.14 bits per heavy atom. The maximum Gasteiger partial charge on any atom is 0.164 e. The van der Waals surface area contributed by atoms with E-state index < -0.39 is 17.7 Å². The molecule has 2 aromatic rings. The Balaban J connectivity index is 2.05. The predicted molar refractivity (Wildman–Crippen MR) is 76.1 cm³/mol. The standard InChI is InChI=1S/C16H18F2N2O/c1-11-4-5-12(15(18)14(11)17)16(13-3-2-10-21-13)20-8-6-19-7-9-20/h2-5,10,16,19H,6-9H2,1H3/t16-/m0/s1. The molecule has 1 saturated heterocycles. The average molecular weight is 292 g/mol. The van der Waals surface area contributed by atoms with E-state index in [1.165, 1.54) is 0 Å². The van der Waals surface area contributed by atoms with E-state index in [4.69, 9.17) is 4.42 Å². The minimum Gasteiger partial charge on any atom is -0.467 e. The molecule has 3 rings (SSSR count). The monoisotopic (exact) mass is 292 g/mol. The summed E-state index contributed by atoms with van der Waals surface area (Å²) in [6.07, 6.45) is 1.56. The van der Waals surface area contributed by atoms with Crippen molar-refractivity contribution >= 4 is 0 Å². The van der Waals surface area contributed by atoms with E-state index >= 15 is 0 Å². The Labute approximate surface area is 122 Å². The van der Waals surface area contributed by atoms with Gasteiger partial charge in [0.05, 0.1) is 12.3 Å². The number of aryl methyl sites for hydroxylation is 1. The lowest BCUT2D eigenvalue weighted by Crippen LogP contribution is -2.45. The van der Waals surface area contributed by atoms with Gasteiger partial charge in [0.25, 0.3) is 0 Å². The van der Waals surface area contributed by atoms with Crippen molar-refractivity contribution in [3.8, 4) is 0 Å². The normalized spacial score (nSPS) is 17.9. The quantitative estimate of drug-likeness (QED) is 0.943. The molecular formula is C16H18F2N2O. The highest BCUT2D eigenvalue weighted by atomic mass is 19.2. The highest BCUT2D eigenvalue weighted by Crippen LogP contribution is 2.32. The van der Waals surface area contributed by atoms with Gasteiger partial charge in [0.15, 0.2) is 11.6 Å². The van der Waals surface area contributed by atoms with E-state index in [0.29, 0.717) is 16.9 Å². The zero-order valence-electron chi connectivity index (χ0n) is 11.9. The van der Waals surface area contributed by atoms with Crippen LogP contribution in [-0.4, -0.2) is 31.1 Å². The van der Waals surface area contributed by atoms with Gasteiger partial charge in [0.1, 0.15) is 5.76 Å². The lowest BCUT2D eigenvalue weighted by Gasteiger charge is -2.34. The largest absolute Gasteiger partial charge is 0.467 e. The van der Waals surface area contributed by atoms with Gasteiger partial charge in [-0.05, 0) is 24.6 Å². The van der Waals surface area contributed by atoms with Gasteiger partial charge >= 0.3 is 0 Å². The molecule has 1 aromatic heterocycles. The van der Waals surface area contributed by atoms with Crippen LogP contribution in [0.25, 0.3) is 0 Å². The SMILES string of the molecule is Cc1ccc([C@@H](c2ccco2)N2CCNCC2)c(F)c1F. The Morgan fingerprint density at radius 3 is 2.57 bits per heavy atom. The third-order valence-electron chi connectivity index (χ3n) is 3.93. The number of benzene rings is 1. The Bertz CT molecular complexity index is 607. The van der Waals surface area contributed by atoms with Gasteiger partial charge < -0.3 is 9.73 Å². The molecule has 0 saturated carbocycles. The van der Waals surface area contributed by atoms with Crippen LogP contribution < -0.4 is 5.32 Å². The molecule has 112 valence electrons. The van der Waals surface area contributed by atoms with Crippen molar-refractivity contribution in [2.45, 2.75) is 13.0 Å². The smallest absolute Gasteiger partial charge is 0.164 e. The third kappa shape index (κ3) is 2.71. The maximum absolute atomic E-state index is 14.4. The van der Waals surface area contributed by atoms with Crippen LogP contribution in [0.5, 0.6) is 0 Å². The topological polar surface area (TPSA) is 28.4 Å². The highest BCUT2D eigenvalue weighted by Gasteiger charge is 2.29. The molecule has 1 N–H and O–H groups in total. The number of hydrogen-bond acceptors (Lipinski definition) is 3. The zero-order chi connectivity index (χ0) is 14.8. The van der Waals surface area contributed by atoms with Crippen molar-refractivity contribution < 1.29 is 13.2 Å². The Kier molecular flexibility index (Phi) is 4.03. The molecule has 2 heterocycles. The van der Waals surface area contributed by atoms with Gasteiger partial charge in [0.2, 0.25) is 0 Å². The summed E-state index contributed by atoms with van der Waals surface area (Å²) in [6.45, 7) is 4.75. The maximum atomic E-state index is 14.4. The number of nitrogens with one attached hydrogen (secondary N) is 1. The molecular weight excluding hydrogens is 274 g/mol. The molecule has 1 atom stereocenters. The first-order valence-corrected chi connectivity index (χ1v) is 7.11. The zero-order valence-corrected chi connectivity index (χ0v) is 11.9. The van der Waals surface area contributed by atoms with Crippen LogP contribution in [0.3, 0.4) is 0 Å². The molecule has 1 aliphatic heterocycles.